The van der Waals surface area contributed by atoms with Crippen LogP contribution < -0.4 is 15.4 Å². The Balaban J connectivity index is 1.35. The number of aromatic nitrogens is 3. The van der Waals surface area contributed by atoms with Crippen molar-refractivity contribution in [1.82, 2.24) is 25.2 Å². The van der Waals surface area contributed by atoms with E-state index in [2.05, 4.69) is 34.6 Å². The van der Waals surface area contributed by atoms with Gasteiger partial charge in [-0.25, -0.2) is 9.50 Å². The molecule has 8 nitrogen and oxygen atoms in total. The molecule has 2 amide bonds. The Kier molecular flexibility index (Phi) is 5.15. The molecular formula is C22H25N5O3. The summed E-state index contributed by atoms with van der Waals surface area (Å²) >= 11 is 0. The van der Waals surface area contributed by atoms with Crippen molar-refractivity contribution in [3.8, 4) is 5.88 Å². The van der Waals surface area contributed by atoms with Crippen LogP contribution in [0, 0.1) is 11.3 Å². The standard InChI is InChI=1S/C22H25N5O3/c1-22(2)14(13-23-21(29)16-7-4-8-19(25-16)30-3)12-18(22)26-20(28)15-6-5-11-27-17(15)9-10-24-27/h4-11,14,18H,12-13H2,1-3H3,(H,23,29)(H,26,28). The van der Waals surface area contributed by atoms with Gasteiger partial charge in [-0.3, -0.25) is 9.59 Å². The summed E-state index contributed by atoms with van der Waals surface area (Å²) in [6.07, 6.45) is 4.29. The first-order valence-corrected chi connectivity index (χ1v) is 9.92. The van der Waals surface area contributed by atoms with Crippen molar-refractivity contribution in [3.63, 3.8) is 0 Å². The van der Waals surface area contributed by atoms with Crippen LogP contribution in [0.3, 0.4) is 0 Å². The maximum absolute atomic E-state index is 12.8. The lowest BCUT2D eigenvalue weighted by atomic mass is 9.58. The smallest absolute Gasteiger partial charge is 0.270 e. The average molecular weight is 407 g/mol. The van der Waals surface area contributed by atoms with Crippen LogP contribution in [0.15, 0.2) is 48.8 Å². The predicted octanol–water partition coefficient (Wildman–Crippen LogP) is 2.31. The molecule has 0 spiro atoms. The van der Waals surface area contributed by atoms with Crippen LogP contribution in [0.1, 0.15) is 41.1 Å². The third-order valence-electron chi connectivity index (χ3n) is 6.13. The molecule has 0 bridgehead atoms. The zero-order valence-corrected chi connectivity index (χ0v) is 17.3. The Morgan fingerprint density at radius 2 is 2.03 bits per heavy atom. The number of hydrogen-bond acceptors (Lipinski definition) is 5. The molecule has 3 heterocycles. The summed E-state index contributed by atoms with van der Waals surface area (Å²) < 4.78 is 6.75. The van der Waals surface area contributed by atoms with Gasteiger partial charge in [0.2, 0.25) is 5.88 Å². The lowest BCUT2D eigenvalue weighted by molar-refractivity contribution is 0.0150. The topological polar surface area (TPSA) is 97.6 Å². The van der Waals surface area contributed by atoms with Gasteiger partial charge in [-0.1, -0.05) is 19.9 Å². The molecule has 1 aliphatic rings. The Hall–Kier alpha value is -3.42. The van der Waals surface area contributed by atoms with Crippen LogP contribution >= 0.6 is 0 Å². The van der Waals surface area contributed by atoms with Gasteiger partial charge in [-0.15, -0.1) is 0 Å². The fourth-order valence-corrected chi connectivity index (χ4v) is 3.95. The molecule has 2 N–H and O–H groups in total. The molecule has 0 radical (unpaired) electrons. The van der Waals surface area contributed by atoms with Crippen molar-refractivity contribution in [2.75, 3.05) is 13.7 Å². The minimum atomic E-state index is -0.232. The Labute approximate surface area is 174 Å². The number of hydrogen-bond donors (Lipinski definition) is 2. The molecular weight excluding hydrogens is 382 g/mol. The van der Waals surface area contributed by atoms with Crippen LogP contribution in [0.4, 0.5) is 0 Å². The third-order valence-corrected chi connectivity index (χ3v) is 6.13. The molecule has 3 aromatic heterocycles. The van der Waals surface area contributed by atoms with E-state index in [1.165, 1.54) is 7.11 Å². The highest BCUT2D eigenvalue weighted by molar-refractivity contribution is 6.00. The third kappa shape index (κ3) is 3.60. The van der Waals surface area contributed by atoms with Crippen molar-refractivity contribution in [2.24, 2.45) is 11.3 Å². The summed E-state index contributed by atoms with van der Waals surface area (Å²) in [7, 11) is 1.52. The number of methoxy groups -OCH3 is 1. The number of fused-ring (bicyclic) bond motifs is 1. The van der Waals surface area contributed by atoms with Gasteiger partial charge >= 0.3 is 0 Å². The lowest BCUT2D eigenvalue weighted by Gasteiger charge is -2.52. The van der Waals surface area contributed by atoms with Gasteiger partial charge in [-0.05, 0) is 42.0 Å². The highest BCUT2D eigenvalue weighted by atomic mass is 16.5. The first-order chi connectivity index (χ1) is 14.4. The number of ether oxygens (including phenoxy) is 1. The predicted molar refractivity (Wildman–Crippen MR) is 111 cm³/mol. The molecule has 3 aromatic rings. The zero-order valence-electron chi connectivity index (χ0n) is 17.3. The SMILES string of the molecule is COc1cccc(C(=O)NCC2CC(NC(=O)c3cccn4nccc34)C2(C)C)n1. The van der Waals surface area contributed by atoms with Gasteiger partial charge in [0.05, 0.1) is 24.4 Å². The molecule has 4 rings (SSSR count). The second-order valence-corrected chi connectivity index (χ2v) is 8.14. The fraction of sp³-hybridized carbons (Fsp3) is 0.364. The van der Waals surface area contributed by atoms with E-state index in [0.29, 0.717) is 23.7 Å². The number of amides is 2. The zero-order chi connectivity index (χ0) is 21.3. The molecule has 30 heavy (non-hydrogen) atoms. The summed E-state index contributed by atoms with van der Waals surface area (Å²) in [5.74, 6) is 0.317. The molecule has 0 aliphatic heterocycles. The van der Waals surface area contributed by atoms with Crippen molar-refractivity contribution in [1.29, 1.82) is 0 Å². The van der Waals surface area contributed by atoms with E-state index in [9.17, 15) is 9.59 Å². The number of carbonyl (C=O) groups excluding carboxylic acids is 2. The first kappa shape index (κ1) is 19.9. The van der Waals surface area contributed by atoms with Crippen molar-refractivity contribution >= 4 is 17.3 Å². The summed E-state index contributed by atoms with van der Waals surface area (Å²) in [6.45, 7) is 4.75. The summed E-state index contributed by atoms with van der Waals surface area (Å²) in [4.78, 5) is 29.4. The fourth-order valence-electron chi connectivity index (χ4n) is 3.95. The monoisotopic (exact) mass is 407 g/mol. The Morgan fingerprint density at radius 3 is 2.80 bits per heavy atom. The Morgan fingerprint density at radius 1 is 1.20 bits per heavy atom. The van der Waals surface area contributed by atoms with Gasteiger partial charge < -0.3 is 15.4 Å². The van der Waals surface area contributed by atoms with E-state index in [4.69, 9.17) is 4.74 Å². The van der Waals surface area contributed by atoms with E-state index in [1.807, 2.05) is 18.3 Å². The summed E-state index contributed by atoms with van der Waals surface area (Å²) in [5, 5.41) is 10.3. The molecule has 0 aromatic carbocycles. The minimum absolute atomic E-state index is 0.0324. The van der Waals surface area contributed by atoms with Crippen LogP contribution in [-0.4, -0.2) is 46.1 Å². The molecule has 0 saturated heterocycles. The largest absolute Gasteiger partial charge is 0.481 e. The quantitative estimate of drug-likeness (QED) is 0.654. The van der Waals surface area contributed by atoms with Gasteiger partial charge in [-0.2, -0.15) is 5.10 Å². The molecule has 156 valence electrons. The lowest BCUT2D eigenvalue weighted by Crippen LogP contribution is -2.60. The van der Waals surface area contributed by atoms with E-state index in [0.717, 1.165) is 11.9 Å². The van der Waals surface area contributed by atoms with Crippen molar-refractivity contribution in [3.05, 3.63) is 60.0 Å². The minimum Gasteiger partial charge on any atom is -0.481 e. The highest BCUT2D eigenvalue weighted by Crippen LogP contribution is 2.46. The van der Waals surface area contributed by atoms with Crippen LogP contribution in [0.25, 0.3) is 5.52 Å². The van der Waals surface area contributed by atoms with Crippen LogP contribution in [0.5, 0.6) is 5.88 Å². The highest BCUT2D eigenvalue weighted by Gasteiger charge is 2.48. The van der Waals surface area contributed by atoms with Gasteiger partial charge in [0.25, 0.3) is 11.8 Å². The molecule has 2 atom stereocenters. The van der Waals surface area contributed by atoms with E-state index in [-0.39, 0.29) is 29.2 Å². The normalized spacial score (nSPS) is 19.7. The molecule has 8 heteroatoms. The molecule has 1 fully saturated rings. The maximum atomic E-state index is 12.8. The average Bonchev–Trinajstić information content (AvgIpc) is 3.24. The Bertz CT molecular complexity index is 1090. The van der Waals surface area contributed by atoms with E-state index >= 15 is 0 Å². The number of carbonyl (C=O) groups is 2. The van der Waals surface area contributed by atoms with Gasteiger partial charge in [0.15, 0.2) is 0 Å². The second-order valence-electron chi connectivity index (χ2n) is 8.14. The number of rotatable bonds is 6. The number of pyridine rings is 2. The van der Waals surface area contributed by atoms with Crippen molar-refractivity contribution < 1.29 is 14.3 Å². The van der Waals surface area contributed by atoms with Crippen molar-refractivity contribution in [2.45, 2.75) is 26.3 Å². The van der Waals surface area contributed by atoms with E-state index in [1.54, 1.807) is 35.0 Å². The number of nitrogens with one attached hydrogen (secondary N) is 2. The van der Waals surface area contributed by atoms with Gasteiger partial charge in [0.1, 0.15) is 5.69 Å². The summed E-state index contributed by atoms with van der Waals surface area (Å²) in [6, 6.07) is 10.6. The molecule has 1 aliphatic carbocycles. The first-order valence-electron chi connectivity index (χ1n) is 9.92. The molecule has 2 unspecified atom stereocenters. The molecule has 1 saturated carbocycles. The van der Waals surface area contributed by atoms with Crippen LogP contribution in [0.2, 0.25) is 0 Å². The summed E-state index contributed by atoms with van der Waals surface area (Å²) in [5.41, 5.74) is 1.56. The van der Waals surface area contributed by atoms with E-state index < -0.39 is 0 Å². The van der Waals surface area contributed by atoms with Crippen LogP contribution in [-0.2, 0) is 0 Å². The van der Waals surface area contributed by atoms with Gasteiger partial charge in [0, 0.05) is 24.8 Å². The second kappa shape index (κ2) is 7.78. The number of nitrogens with zero attached hydrogens (tertiary/aromatic N) is 3. The maximum Gasteiger partial charge on any atom is 0.270 e.